The average Bonchev–Trinajstić information content (AvgIpc) is 2.76. The molecular weight excluding hydrogens is 400 g/mol. The van der Waals surface area contributed by atoms with Gasteiger partial charge in [0.05, 0.1) is 19.2 Å². The van der Waals surface area contributed by atoms with Gasteiger partial charge < -0.3 is 24.4 Å². The topological polar surface area (TPSA) is 45.2 Å². The minimum Gasteiger partial charge on any atom is -0.503 e. The van der Waals surface area contributed by atoms with Crippen molar-refractivity contribution in [2.75, 3.05) is 47.4 Å². The van der Waals surface area contributed by atoms with Crippen LogP contribution in [0.5, 0.6) is 17.2 Å². The molecule has 0 radical (unpaired) electrons. The molecular formula is C24H33ClN2O3. The van der Waals surface area contributed by atoms with Gasteiger partial charge in [0.1, 0.15) is 5.75 Å². The van der Waals surface area contributed by atoms with Crippen molar-refractivity contribution >= 4 is 11.6 Å². The third-order valence-corrected chi connectivity index (χ3v) is 6.20. The lowest BCUT2D eigenvalue weighted by Gasteiger charge is -2.34. The number of aromatic hydroxyl groups is 1. The van der Waals surface area contributed by atoms with E-state index in [0.717, 1.165) is 50.5 Å². The van der Waals surface area contributed by atoms with E-state index in [0.29, 0.717) is 16.7 Å². The molecule has 164 valence electrons. The lowest BCUT2D eigenvalue weighted by molar-refractivity contribution is 0.153. The van der Waals surface area contributed by atoms with Gasteiger partial charge in [-0.15, -0.1) is 0 Å². The van der Waals surface area contributed by atoms with E-state index in [1.54, 1.807) is 14.2 Å². The van der Waals surface area contributed by atoms with Gasteiger partial charge in [-0.25, -0.2) is 0 Å². The Morgan fingerprint density at radius 2 is 1.77 bits per heavy atom. The Kier molecular flexibility index (Phi) is 8.25. The van der Waals surface area contributed by atoms with Gasteiger partial charge in [0.2, 0.25) is 0 Å². The summed E-state index contributed by atoms with van der Waals surface area (Å²) in [5.41, 5.74) is 2.41. The highest BCUT2D eigenvalue weighted by Crippen LogP contribution is 2.35. The Balaban J connectivity index is 1.41. The van der Waals surface area contributed by atoms with Crippen LogP contribution in [0.15, 0.2) is 36.4 Å². The highest BCUT2D eigenvalue weighted by atomic mass is 35.5. The smallest absolute Gasteiger partial charge is 0.176 e. The molecule has 0 aliphatic carbocycles. The van der Waals surface area contributed by atoms with Gasteiger partial charge in [0.25, 0.3) is 0 Å². The van der Waals surface area contributed by atoms with Crippen molar-refractivity contribution in [3.63, 3.8) is 0 Å². The van der Waals surface area contributed by atoms with Gasteiger partial charge in [0, 0.05) is 19.6 Å². The number of nitrogens with zero attached hydrogens (tertiary/aromatic N) is 2. The van der Waals surface area contributed by atoms with E-state index in [1.807, 2.05) is 24.3 Å². The molecule has 1 heterocycles. The van der Waals surface area contributed by atoms with Crippen LogP contribution in [0.25, 0.3) is 0 Å². The molecule has 0 saturated carbocycles. The fourth-order valence-corrected chi connectivity index (χ4v) is 4.40. The van der Waals surface area contributed by atoms with Crippen LogP contribution >= 0.6 is 11.6 Å². The highest BCUT2D eigenvalue weighted by Gasteiger charge is 2.20. The Morgan fingerprint density at radius 3 is 2.40 bits per heavy atom. The SMILES string of the molecule is COc1ccc(CCN2CCC(CN(C)Cc3cc(Cl)c(O)c(OC)c3)CC2)cc1. The number of likely N-dealkylation sites (tertiary alicyclic amines) is 1. The normalized spacial score (nSPS) is 15.5. The first-order chi connectivity index (χ1) is 14.5. The van der Waals surface area contributed by atoms with Crippen LogP contribution in [0, 0.1) is 5.92 Å². The van der Waals surface area contributed by atoms with E-state index in [2.05, 4.69) is 29.0 Å². The van der Waals surface area contributed by atoms with Crippen LogP contribution in [0.3, 0.4) is 0 Å². The molecule has 0 amide bonds. The van der Waals surface area contributed by atoms with E-state index in [-0.39, 0.29) is 5.75 Å². The number of hydrogen-bond acceptors (Lipinski definition) is 5. The van der Waals surface area contributed by atoms with Crippen LogP contribution in [-0.2, 0) is 13.0 Å². The summed E-state index contributed by atoms with van der Waals surface area (Å²) in [6.07, 6.45) is 3.54. The molecule has 2 aromatic carbocycles. The molecule has 1 aliphatic heterocycles. The maximum atomic E-state index is 9.90. The second kappa shape index (κ2) is 10.9. The Bertz CT molecular complexity index is 805. The van der Waals surface area contributed by atoms with Gasteiger partial charge in [0.15, 0.2) is 11.5 Å². The van der Waals surface area contributed by atoms with Crippen LogP contribution in [-0.4, -0.2) is 62.4 Å². The lowest BCUT2D eigenvalue weighted by Crippen LogP contribution is -2.38. The quantitative estimate of drug-likeness (QED) is 0.634. The van der Waals surface area contributed by atoms with Gasteiger partial charge in [-0.1, -0.05) is 23.7 Å². The van der Waals surface area contributed by atoms with Crippen LogP contribution in [0.2, 0.25) is 5.02 Å². The molecule has 5 nitrogen and oxygen atoms in total. The summed E-state index contributed by atoms with van der Waals surface area (Å²) in [7, 11) is 5.39. The molecule has 1 aliphatic rings. The molecule has 3 rings (SSSR count). The molecule has 1 saturated heterocycles. The number of benzene rings is 2. The van der Waals surface area contributed by atoms with Gasteiger partial charge in [-0.05, 0) is 80.7 Å². The number of phenolic OH excluding ortho intramolecular Hbond substituents is 1. The zero-order valence-corrected chi connectivity index (χ0v) is 19.0. The van der Waals surface area contributed by atoms with Crippen molar-refractivity contribution in [2.45, 2.75) is 25.8 Å². The summed E-state index contributed by atoms with van der Waals surface area (Å²) in [5.74, 6) is 2.06. The molecule has 0 bridgehead atoms. The molecule has 0 atom stereocenters. The largest absolute Gasteiger partial charge is 0.503 e. The van der Waals surface area contributed by atoms with Gasteiger partial charge in [-0.3, -0.25) is 0 Å². The molecule has 0 spiro atoms. The lowest BCUT2D eigenvalue weighted by atomic mass is 9.95. The molecule has 1 N–H and O–H groups in total. The van der Waals surface area contributed by atoms with Crippen molar-refractivity contribution in [3.8, 4) is 17.2 Å². The number of rotatable bonds is 9. The van der Waals surface area contributed by atoms with Crippen molar-refractivity contribution in [1.29, 1.82) is 0 Å². The number of piperidine rings is 1. The third kappa shape index (κ3) is 6.27. The number of phenols is 1. The number of ether oxygens (including phenoxy) is 2. The first-order valence-electron chi connectivity index (χ1n) is 10.6. The molecule has 30 heavy (non-hydrogen) atoms. The fraction of sp³-hybridized carbons (Fsp3) is 0.500. The van der Waals surface area contributed by atoms with Crippen molar-refractivity contribution in [3.05, 3.63) is 52.5 Å². The zero-order valence-electron chi connectivity index (χ0n) is 18.2. The van der Waals surface area contributed by atoms with Crippen molar-refractivity contribution < 1.29 is 14.6 Å². The Labute approximate surface area is 185 Å². The average molecular weight is 433 g/mol. The van der Waals surface area contributed by atoms with Crippen LogP contribution < -0.4 is 9.47 Å². The molecule has 6 heteroatoms. The first-order valence-corrected chi connectivity index (χ1v) is 11.0. The predicted molar refractivity (Wildman–Crippen MR) is 122 cm³/mol. The van der Waals surface area contributed by atoms with E-state index >= 15 is 0 Å². The van der Waals surface area contributed by atoms with Gasteiger partial charge >= 0.3 is 0 Å². The second-order valence-corrected chi connectivity index (χ2v) is 8.62. The molecule has 2 aromatic rings. The van der Waals surface area contributed by atoms with E-state index in [1.165, 1.54) is 18.4 Å². The summed E-state index contributed by atoms with van der Waals surface area (Å²) >= 11 is 6.12. The molecule has 0 aromatic heterocycles. The maximum Gasteiger partial charge on any atom is 0.176 e. The number of hydrogen-bond donors (Lipinski definition) is 1. The maximum absolute atomic E-state index is 9.90. The van der Waals surface area contributed by atoms with Crippen molar-refractivity contribution in [1.82, 2.24) is 9.80 Å². The van der Waals surface area contributed by atoms with Gasteiger partial charge in [-0.2, -0.15) is 0 Å². The van der Waals surface area contributed by atoms with Crippen LogP contribution in [0.4, 0.5) is 0 Å². The minimum atomic E-state index is 0.00702. The third-order valence-electron chi connectivity index (χ3n) is 5.91. The summed E-state index contributed by atoms with van der Waals surface area (Å²) in [6.45, 7) is 5.28. The number of methoxy groups -OCH3 is 2. The standard InChI is InChI=1S/C24H33ClN2O3/c1-26(17-20-14-22(25)24(28)23(15-20)30-3)16-19-9-12-27(13-10-19)11-8-18-4-6-21(29-2)7-5-18/h4-7,14-15,19,28H,8-13,16-17H2,1-3H3. The monoisotopic (exact) mass is 432 g/mol. The molecule has 1 fully saturated rings. The van der Waals surface area contributed by atoms with E-state index in [9.17, 15) is 5.11 Å². The predicted octanol–water partition coefficient (Wildman–Crippen LogP) is 4.45. The summed E-state index contributed by atoms with van der Waals surface area (Å²) in [5, 5.41) is 10.2. The highest BCUT2D eigenvalue weighted by molar-refractivity contribution is 6.32. The minimum absolute atomic E-state index is 0.00702. The van der Waals surface area contributed by atoms with Crippen LogP contribution in [0.1, 0.15) is 24.0 Å². The summed E-state index contributed by atoms with van der Waals surface area (Å²) < 4.78 is 10.4. The first kappa shape index (κ1) is 22.7. The second-order valence-electron chi connectivity index (χ2n) is 8.21. The summed E-state index contributed by atoms with van der Waals surface area (Å²) in [6, 6.07) is 12.1. The Hall–Kier alpha value is -1.95. The summed E-state index contributed by atoms with van der Waals surface area (Å²) in [4.78, 5) is 4.91. The zero-order chi connectivity index (χ0) is 21.5. The fourth-order valence-electron chi connectivity index (χ4n) is 4.16. The van der Waals surface area contributed by atoms with E-state index < -0.39 is 0 Å². The molecule has 0 unspecified atom stereocenters. The number of halogens is 1. The Morgan fingerprint density at radius 1 is 1.07 bits per heavy atom. The van der Waals surface area contributed by atoms with E-state index in [4.69, 9.17) is 21.1 Å². The van der Waals surface area contributed by atoms with Crippen molar-refractivity contribution in [2.24, 2.45) is 5.92 Å².